The normalized spacial score (nSPS) is 19.0. The second-order valence-corrected chi connectivity index (χ2v) is 7.91. The van der Waals surface area contributed by atoms with Crippen LogP contribution in [0.4, 0.5) is 0 Å². The number of aliphatic imine (C=N–C) groups is 1. The van der Waals surface area contributed by atoms with Gasteiger partial charge < -0.3 is 25.7 Å². The molecule has 1 aromatic rings. The molecule has 2 atom stereocenters. The van der Waals surface area contributed by atoms with E-state index in [1.165, 1.54) is 6.26 Å². The minimum absolute atomic E-state index is 0. The van der Waals surface area contributed by atoms with Gasteiger partial charge in [-0.1, -0.05) is 6.42 Å². The number of aryl methyl sites for hydroxylation is 1. The number of nitrogens with one attached hydrogen (secondary N) is 4. The molecule has 0 saturated heterocycles. The van der Waals surface area contributed by atoms with E-state index in [9.17, 15) is 9.59 Å². The number of nitrogens with zero attached hydrogens (tertiary/aromatic N) is 1. The molecule has 0 radical (unpaired) electrons. The van der Waals surface area contributed by atoms with Crippen LogP contribution in [-0.2, 0) is 4.79 Å². The lowest BCUT2D eigenvalue weighted by Crippen LogP contribution is -2.48. The van der Waals surface area contributed by atoms with Gasteiger partial charge in [0.1, 0.15) is 0 Å². The fourth-order valence-electron chi connectivity index (χ4n) is 3.53. The SMILES string of the molecule is CN=C(NCCCNC(=O)c1occc1C)NC1CCCC(C(=O)NC(C)C)C1.I. The second-order valence-electron chi connectivity index (χ2n) is 7.91. The van der Waals surface area contributed by atoms with Crippen molar-refractivity contribution in [2.24, 2.45) is 10.9 Å². The third-order valence-electron chi connectivity index (χ3n) is 5.04. The summed E-state index contributed by atoms with van der Waals surface area (Å²) in [7, 11) is 1.74. The smallest absolute Gasteiger partial charge is 0.287 e. The Morgan fingerprint density at radius 3 is 2.60 bits per heavy atom. The van der Waals surface area contributed by atoms with Crippen LogP contribution in [0.2, 0.25) is 0 Å². The topological polar surface area (TPSA) is 108 Å². The van der Waals surface area contributed by atoms with Gasteiger partial charge in [0.15, 0.2) is 11.7 Å². The summed E-state index contributed by atoms with van der Waals surface area (Å²) in [5.74, 6) is 1.11. The van der Waals surface area contributed by atoms with Crippen LogP contribution >= 0.6 is 24.0 Å². The number of amides is 2. The van der Waals surface area contributed by atoms with Crippen LogP contribution in [0.25, 0.3) is 0 Å². The Hall–Kier alpha value is -1.78. The van der Waals surface area contributed by atoms with Crippen LogP contribution in [0.1, 0.15) is 62.1 Å². The van der Waals surface area contributed by atoms with E-state index in [-0.39, 0.29) is 53.8 Å². The molecule has 1 aliphatic carbocycles. The van der Waals surface area contributed by atoms with Crippen molar-refractivity contribution in [3.05, 3.63) is 23.7 Å². The highest BCUT2D eigenvalue weighted by molar-refractivity contribution is 14.0. The van der Waals surface area contributed by atoms with Crippen molar-refractivity contribution in [2.75, 3.05) is 20.1 Å². The average molecular weight is 533 g/mol. The Morgan fingerprint density at radius 2 is 1.97 bits per heavy atom. The van der Waals surface area contributed by atoms with Gasteiger partial charge in [-0.25, -0.2) is 0 Å². The maximum atomic E-state index is 12.3. The zero-order valence-electron chi connectivity index (χ0n) is 18.4. The fourth-order valence-corrected chi connectivity index (χ4v) is 3.53. The van der Waals surface area contributed by atoms with Crippen LogP contribution in [-0.4, -0.2) is 50.0 Å². The summed E-state index contributed by atoms with van der Waals surface area (Å²) in [4.78, 5) is 28.6. The number of hydrogen-bond donors (Lipinski definition) is 4. The van der Waals surface area contributed by atoms with Crippen LogP contribution in [0, 0.1) is 12.8 Å². The van der Waals surface area contributed by atoms with Crippen molar-refractivity contribution < 1.29 is 14.0 Å². The first kappa shape index (κ1) is 26.3. The molecule has 2 rings (SSSR count). The number of carbonyl (C=O) groups is 2. The van der Waals surface area contributed by atoms with Crippen molar-refractivity contribution >= 4 is 41.8 Å². The van der Waals surface area contributed by atoms with Crippen molar-refractivity contribution in [1.29, 1.82) is 0 Å². The summed E-state index contributed by atoms with van der Waals surface area (Å²) in [6.07, 6.45) is 6.10. The molecule has 30 heavy (non-hydrogen) atoms. The molecule has 1 aliphatic rings. The summed E-state index contributed by atoms with van der Waals surface area (Å²) < 4.78 is 5.18. The number of rotatable bonds is 8. The standard InChI is InChI=1S/C21H35N5O3.HI/c1-14(2)25-19(27)16-7-5-8-17(13-16)26-21(22-4)24-11-6-10-23-20(28)18-15(3)9-12-29-18;/h9,12,14,16-17H,5-8,10-11,13H2,1-4H3,(H,23,28)(H,25,27)(H2,22,24,26);1H. The number of guanidine groups is 1. The number of halogens is 1. The third-order valence-corrected chi connectivity index (χ3v) is 5.04. The van der Waals surface area contributed by atoms with Crippen molar-refractivity contribution in [2.45, 2.75) is 65.0 Å². The summed E-state index contributed by atoms with van der Waals surface area (Å²) in [5.41, 5.74) is 0.832. The Balaban J connectivity index is 0.00000450. The number of carbonyl (C=O) groups excluding carboxylic acids is 2. The quantitative estimate of drug-likeness (QED) is 0.178. The second kappa shape index (κ2) is 13.5. The van der Waals surface area contributed by atoms with Crippen LogP contribution in [0.3, 0.4) is 0 Å². The largest absolute Gasteiger partial charge is 0.459 e. The van der Waals surface area contributed by atoms with E-state index in [1.54, 1.807) is 13.1 Å². The summed E-state index contributed by atoms with van der Waals surface area (Å²) in [6.45, 7) is 7.05. The Bertz CT molecular complexity index is 705. The molecule has 8 nitrogen and oxygen atoms in total. The molecule has 4 N–H and O–H groups in total. The summed E-state index contributed by atoms with van der Waals surface area (Å²) in [5, 5.41) is 12.6. The predicted molar refractivity (Wildman–Crippen MR) is 129 cm³/mol. The molecule has 2 unspecified atom stereocenters. The maximum absolute atomic E-state index is 12.3. The molecule has 9 heteroatoms. The molecule has 2 amide bonds. The van der Waals surface area contributed by atoms with Gasteiger partial charge in [-0.05, 0) is 52.5 Å². The van der Waals surface area contributed by atoms with E-state index in [2.05, 4.69) is 26.3 Å². The Morgan fingerprint density at radius 1 is 1.23 bits per heavy atom. The van der Waals surface area contributed by atoms with Crippen molar-refractivity contribution in [3.8, 4) is 0 Å². The van der Waals surface area contributed by atoms with Crippen LogP contribution in [0.5, 0.6) is 0 Å². The van der Waals surface area contributed by atoms with Gasteiger partial charge >= 0.3 is 0 Å². The number of furan rings is 1. The third kappa shape index (κ3) is 8.53. The first-order chi connectivity index (χ1) is 13.9. The van der Waals surface area contributed by atoms with E-state index in [0.29, 0.717) is 18.8 Å². The van der Waals surface area contributed by atoms with E-state index in [1.807, 2.05) is 20.8 Å². The number of hydrogen-bond acceptors (Lipinski definition) is 4. The fraction of sp³-hybridized carbons (Fsp3) is 0.667. The molecule has 1 fully saturated rings. The van der Waals surface area contributed by atoms with Crippen molar-refractivity contribution in [3.63, 3.8) is 0 Å². The van der Waals surface area contributed by atoms with Crippen molar-refractivity contribution in [1.82, 2.24) is 21.3 Å². The molecule has 1 saturated carbocycles. The van der Waals surface area contributed by atoms with Crippen LogP contribution in [0.15, 0.2) is 21.7 Å². The van der Waals surface area contributed by atoms with E-state index >= 15 is 0 Å². The lowest BCUT2D eigenvalue weighted by Gasteiger charge is -2.30. The molecule has 1 aromatic heterocycles. The molecule has 0 spiro atoms. The lowest BCUT2D eigenvalue weighted by atomic mass is 9.85. The Kier molecular flexibility index (Phi) is 11.8. The van der Waals surface area contributed by atoms with Gasteiger partial charge in [0, 0.05) is 43.7 Å². The van der Waals surface area contributed by atoms with Gasteiger partial charge in [-0.2, -0.15) is 0 Å². The van der Waals surface area contributed by atoms with Gasteiger partial charge in [-0.3, -0.25) is 14.6 Å². The highest BCUT2D eigenvalue weighted by Gasteiger charge is 2.27. The molecular formula is C21H36IN5O3. The predicted octanol–water partition coefficient (Wildman–Crippen LogP) is 2.57. The maximum Gasteiger partial charge on any atom is 0.287 e. The molecule has 0 aliphatic heterocycles. The first-order valence-corrected chi connectivity index (χ1v) is 10.5. The highest BCUT2D eigenvalue weighted by Crippen LogP contribution is 2.24. The van der Waals surface area contributed by atoms with Crippen LogP contribution < -0.4 is 21.3 Å². The zero-order chi connectivity index (χ0) is 21.2. The Labute approximate surface area is 196 Å². The van der Waals surface area contributed by atoms with Gasteiger partial charge in [0.2, 0.25) is 5.91 Å². The molecular weight excluding hydrogens is 497 g/mol. The lowest BCUT2D eigenvalue weighted by molar-refractivity contribution is -0.126. The molecule has 1 heterocycles. The summed E-state index contributed by atoms with van der Waals surface area (Å²) in [6, 6.07) is 2.18. The minimum atomic E-state index is -0.192. The minimum Gasteiger partial charge on any atom is -0.459 e. The average Bonchev–Trinajstić information content (AvgIpc) is 3.12. The van der Waals surface area contributed by atoms with Gasteiger partial charge in [-0.15, -0.1) is 24.0 Å². The van der Waals surface area contributed by atoms with E-state index in [4.69, 9.17) is 4.42 Å². The molecule has 0 aromatic carbocycles. The first-order valence-electron chi connectivity index (χ1n) is 10.5. The molecule has 170 valence electrons. The monoisotopic (exact) mass is 533 g/mol. The highest BCUT2D eigenvalue weighted by atomic mass is 127. The summed E-state index contributed by atoms with van der Waals surface area (Å²) >= 11 is 0. The van der Waals surface area contributed by atoms with E-state index < -0.39 is 0 Å². The van der Waals surface area contributed by atoms with E-state index in [0.717, 1.165) is 43.6 Å². The molecule has 0 bridgehead atoms. The zero-order valence-corrected chi connectivity index (χ0v) is 20.7. The van der Waals surface area contributed by atoms with Gasteiger partial charge in [0.05, 0.1) is 6.26 Å². The van der Waals surface area contributed by atoms with Gasteiger partial charge in [0.25, 0.3) is 5.91 Å².